The minimum atomic E-state index is -1.16. The maximum Gasteiger partial charge on any atom is 0.0849 e. The van der Waals surface area contributed by atoms with E-state index in [0.717, 1.165) is 22.6 Å². The molecule has 4 aromatic rings. The van der Waals surface area contributed by atoms with Crippen LogP contribution in [0.5, 0.6) is 0 Å². The summed E-state index contributed by atoms with van der Waals surface area (Å²) in [6.07, 6.45) is 1.78. The molecule has 0 aliphatic carbocycles. The summed E-state index contributed by atoms with van der Waals surface area (Å²) < 4.78 is 12.9. The van der Waals surface area contributed by atoms with Crippen molar-refractivity contribution in [1.82, 2.24) is 0 Å². The van der Waals surface area contributed by atoms with Gasteiger partial charge in [-0.1, -0.05) is 84.9 Å². The summed E-state index contributed by atoms with van der Waals surface area (Å²) in [4.78, 5) is 1.68. The average molecular weight is 383 g/mol. The van der Waals surface area contributed by atoms with Crippen molar-refractivity contribution in [3.63, 3.8) is 0 Å². The molecule has 0 aromatic heterocycles. The molecule has 0 aliphatic heterocycles. The summed E-state index contributed by atoms with van der Waals surface area (Å²) in [7, 11) is -1.16. The van der Waals surface area contributed by atoms with Gasteiger partial charge in [0, 0.05) is 9.79 Å². The van der Waals surface area contributed by atoms with Gasteiger partial charge in [0.1, 0.15) is 0 Å². The first-order valence-corrected chi connectivity index (χ1v) is 10.6. The molecular weight excluding hydrogens is 360 g/mol. The minimum absolute atomic E-state index is 0.840. The predicted molar refractivity (Wildman–Crippen MR) is 116 cm³/mol. The van der Waals surface area contributed by atoms with Crippen LogP contribution in [0.25, 0.3) is 0 Å². The third-order valence-corrected chi connectivity index (χ3v) is 6.18. The Hall–Kier alpha value is -2.97. The van der Waals surface area contributed by atoms with E-state index in [-0.39, 0.29) is 0 Å². The van der Waals surface area contributed by atoms with Gasteiger partial charge in [-0.25, -0.2) is 4.21 Å². The molecule has 0 aliphatic rings. The lowest BCUT2D eigenvalue weighted by atomic mass is 10.1. The molecule has 2 heteroatoms. The molecule has 0 saturated carbocycles. The van der Waals surface area contributed by atoms with E-state index < -0.39 is 10.8 Å². The van der Waals surface area contributed by atoms with Gasteiger partial charge in [-0.3, -0.25) is 0 Å². The van der Waals surface area contributed by atoms with Crippen LogP contribution in [0.15, 0.2) is 119 Å². The molecular formula is C26H22OS. The summed E-state index contributed by atoms with van der Waals surface area (Å²) >= 11 is 0. The monoisotopic (exact) mass is 382 g/mol. The molecule has 0 spiro atoms. The maximum absolute atomic E-state index is 12.9. The van der Waals surface area contributed by atoms with E-state index in [4.69, 9.17) is 0 Å². The van der Waals surface area contributed by atoms with Crippen LogP contribution in [0, 0.1) is 0 Å². The third kappa shape index (κ3) is 4.65. The van der Waals surface area contributed by atoms with Crippen molar-refractivity contribution in [2.75, 3.05) is 0 Å². The Balaban J connectivity index is 1.44. The highest BCUT2D eigenvalue weighted by Crippen LogP contribution is 2.20. The molecule has 0 unspecified atom stereocenters. The van der Waals surface area contributed by atoms with Crippen molar-refractivity contribution in [2.45, 2.75) is 22.6 Å². The minimum Gasteiger partial charge on any atom is -0.249 e. The van der Waals surface area contributed by atoms with Gasteiger partial charge in [0.2, 0.25) is 0 Å². The number of rotatable bonds is 6. The fraction of sp³-hybridized carbons (Fsp3) is 0.0769. The average Bonchev–Trinajstić information content (AvgIpc) is 2.76. The quantitative estimate of drug-likeness (QED) is 0.398. The molecule has 0 amide bonds. The second kappa shape index (κ2) is 8.81. The van der Waals surface area contributed by atoms with Gasteiger partial charge < -0.3 is 0 Å². The molecule has 138 valence electrons. The molecule has 0 radical (unpaired) electrons. The van der Waals surface area contributed by atoms with Crippen molar-refractivity contribution < 1.29 is 4.21 Å². The van der Waals surface area contributed by atoms with Crippen LogP contribution < -0.4 is 0 Å². The molecule has 0 N–H and O–H groups in total. The second-order valence-corrected chi connectivity index (χ2v) is 8.36. The van der Waals surface area contributed by atoms with E-state index in [1.165, 1.54) is 22.3 Å². The van der Waals surface area contributed by atoms with E-state index in [9.17, 15) is 4.21 Å². The van der Waals surface area contributed by atoms with Crippen LogP contribution in [0.4, 0.5) is 0 Å². The first-order chi connectivity index (χ1) is 13.8. The molecule has 4 aromatic carbocycles. The lowest BCUT2D eigenvalue weighted by molar-refractivity contribution is 0.683. The molecule has 4 rings (SSSR count). The molecule has 0 fully saturated rings. The van der Waals surface area contributed by atoms with Crippen molar-refractivity contribution in [1.29, 1.82) is 0 Å². The van der Waals surface area contributed by atoms with E-state index >= 15 is 0 Å². The van der Waals surface area contributed by atoms with Crippen LogP contribution in [-0.2, 0) is 23.6 Å². The highest BCUT2D eigenvalue weighted by atomic mass is 32.2. The maximum atomic E-state index is 12.9. The Labute approximate surface area is 169 Å². The summed E-state index contributed by atoms with van der Waals surface area (Å²) in [5.41, 5.74) is 5.02. The van der Waals surface area contributed by atoms with Gasteiger partial charge in [0.15, 0.2) is 0 Å². The third-order valence-electron chi connectivity index (χ3n) is 4.78. The Bertz CT molecular complexity index is 950. The molecule has 0 atom stereocenters. The highest BCUT2D eigenvalue weighted by molar-refractivity contribution is 7.85. The topological polar surface area (TPSA) is 17.1 Å². The van der Waals surface area contributed by atoms with Gasteiger partial charge in [-0.05, 0) is 59.4 Å². The Morgan fingerprint density at radius 1 is 0.429 bits per heavy atom. The summed E-state index contributed by atoms with van der Waals surface area (Å²) in [5.74, 6) is 0. The SMILES string of the molecule is O=S(c1ccc(Cc2ccccc2)cc1)c1ccc(Cc2ccccc2)cc1. The zero-order chi connectivity index (χ0) is 19.2. The van der Waals surface area contributed by atoms with Crippen molar-refractivity contribution in [3.05, 3.63) is 131 Å². The Morgan fingerprint density at radius 3 is 1.11 bits per heavy atom. The van der Waals surface area contributed by atoms with Crippen LogP contribution in [0.2, 0.25) is 0 Å². The lowest BCUT2D eigenvalue weighted by Gasteiger charge is -2.07. The van der Waals surface area contributed by atoms with Gasteiger partial charge in [0.05, 0.1) is 10.8 Å². The first kappa shape index (κ1) is 18.4. The van der Waals surface area contributed by atoms with Gasteiger partial charge in [-0.2, -0.15) is 0 Å². The predicted octanol–water partition coefficient (Wildman–Crippen LogP) is 6.03. The zero-order valence-electron chi connectivity index (χ0n) is 15.6. The van der Waals surface area contributed by atoms with E-state index in [1.807, 2.05) is 36.4 Å². The van der Waals surface area contributed by atoms with Crippen LogP contribution >= 0.6 is 0 Å². The van der Waals surface area contributed by atoms with Crippen LogP contribution in [0.1, 0.15) is 22.3 Å². The molecule has 0 saturated heterocycles. The standard InChI is InChI=1S/C26H22OS/c27-28(25-15-11-23(12-16-25)19-21-7-3-1-4-8-21)26-17-13-24(14-18-26)20-22-9-5-2-6-10-22/h1-18H,19-20H2. The Kier molecular flexibility index (Phi) is 5.79. The zero-order valence-corrected chi connectivity index (χ0v) is 16.4. The Morgan fingerprint density at radius 2 is 0.750 bits per heavy atom. The summed E-state index contributed by atoms with van der Waals surface area (Å²) in [5, 5.41) is 0. The van der Waals surface area contributed by atoms with Gasteiger partial charge >= 0.3 is 0 Å². The smallest absolute Gasteiger partial charge is 0.0849 e. The molecule has 1 nitrogen and oxygen atoms in total. The molecule has 28 heavy (non-hydrogen) atoms. The van der Waals surface area contributed by atoms with Crippen LogP contribution in [0.3, 0.4) is 0 Å². The normalized spacial score (nSPS) is 10.9. The molecule has 0 bridgehead atoms. The number of hydrogen-bond acceptors (Lipinski definition) is 1. The highest BCUT2D eigenvalue weighted by Gasteiger charge is 2.08. The fourth-order valence-electron chi connectivity index (χ4n) is 3.26. The van der Waals surface area contributed by atoms with E-state index in [2.05, 4.69) is 72.8 Å². The van der Waals surface area contributed by atoms with Crippen molar-refractivity contribution >= 4 is 10.8 Å². The van der Waals surface area contributed by atoms with Gasteiger partial charge in [-0.15, -0.1) is 0 Å². The van der Waals surface area contributed by atoms with E-state index in [0.29, 0.717) is 0 Å². The summed E-state index contributed by atoms with van der Waals surface area (Å²) in [6.45, 7) is 0. The fourth-order valence-corrected chi connectivity index (χ4v) is 4.30. The van der Waals surface area contributed by atoms with Crippen molar-refractivity contribution in [3.8, 4) is 0 Å². The number of benzene rings is 4. The first-order valence-electron chi connectivity index (χ1n) is 9.45. The number of hydrogen-bond donors (Lipinski definition) is 0. The van der Waals surface area contributed by atoms with E-state index in [1.54, 1.807) is 0 Å². The summed E-state index contributed by atoms with van der Waals surface area (Å²) in [6, 6.07) is 37.0. The largest absolute Gasteiger partial charge is 0.249 e. The van der Waals surface area contributed by atoms with Gasteiger partial charge in [0.25, 0.3) is 0 Å². The lowest BCUT2D eigenvalue weighted by Crippen LogP contribution is -1.95. The van der Waals surface area contributed by atoms with Crippen LogP contribution in [-0.4, -0.2) is 4.21 Å². The molecule has 0 heterocycles. The second-order valence-electron chi connectivity index (χ2n) is 6.88. The van der Waals surface area contributed by atoms with Crippen molar-refractivity contribution in [2.24, 2.45) is 0 Å².